The summed E-state index contributed by atoms with van der Waals surface area (Å²) in [6.07, 6.45) is -7.53. The fourth-order valence-electron chi connectivity index (χ4n) is 2.19. The normalized spacial score (nSPS) is 13.0. The number of carbonyl (C=O) groups is 1. The summed E-state index contributed by atoms with van der Waals surface area (Å²) in [5.41, 5.74) is 0.860. The van der Waals surface area contributed by atoms with Crippen LogP contribution >= 0.6 is 0 Å². The first-order chi connectivity index (χ1) is 12.3. The molecule has 0 saturated heterocycles. The predicted octanol–water partition coefficient (Wildman–Crippen LogP) is 4.91. The number of alkyl halides is 3. The summed E-state index contributed by atoms with van der Waals surface area (Å²) in [6, 6.07) is 13.7. The summed E-state index contributed by atoms with van der Waals surface area (Å²) in [5.74, 6) is 0. The molecule has 1 atom stereocenters. The van der Waals surface area contributed by atoms with Crippen LogP contribution in [-0.2, 0) is 9.57 Å². The average molecular weight is 366 g/mol. The largest absolute Gasteiger partial charge is 0.453 e. The van der Waals surface area contributed by atoms with Crippen LogP contribution < -0.4 is 5.32 Å². The number of rotatable bonds is 5. The van der Waals surface area contributed by atoms with E-state index < -0.39 is 18.4 Å². The molecule has 0 bridgehead atoms. The number of para-hydroxylation sites is 1. The smallest absolute Gasteiger partial charge is 0.432 e. The van der Waals surface area contributed by atoms with Crippen LogP contribution in [0.5, 0.6) is 0 Å². The first-order valence-electron chi connectivity index (χ1n) is 7.59. The fraction of sp³-hybridized carbons (Fsp3) is 0.222. The van der Waals surface area contributed by atoms with Gasteiger partial charge in [0.2, 0.25) is 6.10 Å². The van der Waals surface area contributed by atoms with E-state index in [1.54, 1.807) is 30.3 Å². The van der Waals surface area contributed by atoms with Gasteiger partial charge in [-0.15, -0.1) is 0 Å². The number of methoxy groups -OCH3 is 1. The van der Waals surface area contributed by atoms with Gasteiger partial charge in [-0.25, -0.2) is 4.79 Å². The van der Waals surface area contributed by atoms with Gasteiger partial charge in [-0.1, -0.05) is 53.7 Å². The third kappa shape index (κ3) is 4.98. The van der Waals surface area contributed by atoms with Gasteiger partial charge in [-0.3, -0.25) is 5.32 Å². The molecule has 0 aliphatic carbocycles. The van der Waals surface area contributed by atoms with E-state index in [-0.39, 0.29) is 11.3 Å². The molecule has 1 N–H and O–H groups in total. The molecule has 0 heterocycles. The van der Waals surface area contributed by atoms with E-state index in [0.29, 0.717) is 11.3 Å². The monoisotopic (exact) mass is 366 g/mol. The van der Waals surface area contributed by atoms with Crippen LogP contribution in [0.1, 0.15) is 24.2 Å². The van der Waals surface area contributed by atoms with E-state index in [1.807, 2.05) is 0 Å². The van der Waals surface area contributed by atoms with Gasteiger partial charge < -0.3 is 9.57 Å². The maximum Gasteiger partial charge on any atom is 0.432 e. The highest BCUT2D eigenvalue weighted by molar-refractivity contribution is 6.05. The number of carbonyl (C=O) groups excluding carboxylic acids is 1. The maximum absolute atomic E-state index is 13.3. The average Bonchev–Trinajstić information content (AvgIpc) is 2.61. The minimum atomic E-state index is -4.63. The van der Waals surface area contributed by atoms with E-state index in [4.69, 9.17) is 4.84 Å². The van der Waals surface area contributed by atoms with Crippen LogP contribution in [0.25, 0.3) is 0 Å². The molecule has 0 fully saturated rings. The SMILES string of the molecule is COC(=O)Nc1ccccc1C(C)=NOC(c1ccccc1)C(F)(F)F. The second-order valence-corrected chi connectivity index (χ2v) is 5.28. The zero-order valence-electron chi connectivity index (χ0n) is 14.1. The summed E-state index contributed by atoms with van der Waals surface area (Å²) in [5, 5.41) is 6.11. The second-order valence-electron chi connectivity index (χ2n) is 5.28. The summed E-state index contributed by atoms with van der Waals surface area (Å²) in [4.78, 5) is 16.2. The Balaban J connectivity index is 2.27. The molecule has 0 aromatic heterocycles. The highest BCUT2D eigenvalue weighted by Crippen LogP contribution is 2.36. The van der Waals surface area contributed by atoms with Crippen molar-refractivity contribution in [3.05, 3.63) is 65.7 Å². The molecule has 0 radical (unpaired) electrons. The number of oxime groups is 1. The Labute approximate surface area is 148 Å². The topological polar surface area (TPSA) is 59.9 Å². The van der Waals surface area contributed by atoms with E-state index >= 15 is 0 Å². The van der Waals surface area contributed by atoms with Crippen molar-refractivity contribution >= 4 is 17.5 Å². The zero-order valence-corrected chi connectivity index (χ0v) is 14.1. The van der Waals surface area contributed by atoms with Crippen LogP contribution in [-0.4, -0.2) is 25.1 Å². The van der Waals surface area contributed by atoms with E-state index in [9.17, 15) is 18.0 Å². The van der Waals surface area contributed by atoms with Crippen LogP contribution in [0.15, 0.2) is 59.8 Å². The van der Waals surface area contributed by atoms with Crippen LogP contribution in [0, 0.1) is 0 Å². The van der Waals surface area contributed by atoms with E-state index in [1.165, 1.54) is 38.3 Å². The molecular weight excluding hydrogens is 349 g/mol. The Morgan fingerprint density at radius 3 is 2.31 bits per heavy atom. The lowest BCUT2D eigenvalue weighted by Crippen LogP contribution is -2.22. The molecule has 26 heavy (non-hydrogen) atoms. The molecule has 1 amide bonds. The minimum Gasteiger partial charge on any atom is -0.453 e. The van der Waals surface area contributed by atoms with Crippen molar-refractivity contribution in [1.29, 1.82) is 0 Å². The van der Waals surface area contributed by atoms with Gasteiger partial charge in [0.05, 0.1) is 18.5 Å². The Morgan fingerprint density at radius 1 is 1.08 bits per heavy atom. The van der Waals surface area contributed by atoms with Crippen molar-refractivity contribution in [1.82, 2.24) is 0 Å². The lowest BCUT2D eigenvalue weighted by atomic mass is 10.1. The van der Waals surface area contributed by atoms with E-state index in [2.05, 4.69) is 15.2 Å². The number of benzene rings is 2. The predicted molar refractivity (Wildman–Crippen MR) is 91.0 cm³/mol. The summed E-state index contributed by atoms with van der Waals surface area (Å²) in [7, 11) is 1.20. The molecule has 2 rings (SSSR count). The number of ether oxygens (including phenoxy) is 1. The first kappa shape index (κ1) is 19.3. The molecule has 2 aromatic carbocycles. The molecule has 0 aliphatic rings. The molecule has 0 saturated carbocycles. The summed E-state index contributed by atoms with van der Waals surface area (Å²) < 4.78 is 44.4. The highest BCUT2D eigenvalue weighted by atomic mass is 19.4. The van der Waals surface area contributed by atoms with Crippen molar-refractivity contribution < 1.29 is 27.5 Å². The molecular formula is C18H17F3N2O3. The van der Waals surface area contributed by atoms with Crippen LogP contribution in [0.4, 0.5) is 23.7 Å². The van der Waals surface area contributed by atoms with Crippen molar-refractivity contribution in [2.45, 2.75) is 19.2 Å². The first-order valence-corrected chi connectivity index (χ1v) is 7.59. The third-order valence-corrected chi connectivity index (χ3v) is 3.43. The lowest BCUT2D eigenvalue weighted by Gasteiger charge is -2.19. The number of hydrogen-bond acceptors (Lipinski definition) is 4. The standard InChI is InChI=1S/C18H17F3N2O3/c1-12(14-10-6-7-11-15(14)22-17(24)25-2)23-26-16(18(19,20)21)13-8-4-3-5-9-13/h3-11,16H,1-2H3,(H,22,24). The van der Waals surface area contributed by atoms with Gasteiger partial charge in [-0.2, -0.15) is 13.2 Å². The Morgan fingerprint density at radius 2 is 1.69 bits per heavy atom. The lowest BCUT2D eigenvalue weighted by molar-refractivity contribution is -0.224. The number of anilines is 1. The maximum atomic E-state index is 13.3. The molecule has 8 heteroatoms. The van der Waals surface area contributed by atoms with Gasteiger partial charge >= 0.3 is 12.3 Å². The second kappa shape index (κ2) is 8.37. The summed E-state index contributed by atoms with van der Waals surface area (Å²) >= 11 is 0. The number of nitrogens with zero attached hydrogens (tertiary/aromatic N) is 1. The third-order valence-electron chi connectivity index (χ3n) is 3.43. The van der Waals surface area contributed by atoms with Gasteiger partial charge in [0.1, 0.15) is 0 Å². The number of hydrogen-bond donors (Lipinski definition) is 1. The molecule has 2 aromatic rings. The van der Waals surface area contributed by atoms with Crippen LogP contribution in [0.2, 0.25) is 0 Å². The Hall–Kier alpha value is -3.03. The van der Waals surface area contributed by atoms with Crippen molar-refractivity contribution in [2.24, 2.45) is 5.16 Å². The van der Waals surface area contributed by atoms with E-state index in [0.717, 1.165) is 0 Å². The number of halogens is 3. The van der Waals surface area contributed by atoms with Gasteiger partial charge in [0.25, 0.3) is 0 Å². The number of nitrogens with one attached hydrogen (secondary N) is 1. The minimum absolute atomic E-state index is 0.0579. The number of amides is 1. The molecule has 0 aliphatic heterocycles. The van der Waals surface area contributed by atoms with Crippen molar-refractivity contribution in [2.75, 3.05) is 12.4 Å². The van der Waals surface area contributed by atoms with Crippen molar-refractivity contribution in [3.8, 4) is 0 Å². The zero-order chi connectivity index (χ0) is 19.2. The Kier molecular flexibility index (Phi) is 6.21. The van der Waals surface area contributed by atoms with Crippen LogP contribution in [0.3, 0.4) is 0 Å². The van der Waals surface area contributed by atoms with Gasteiger partial charge in [0.15, 0.2) is 0 Å². The molecule has 5 nitrogen and oxygen atoms in total. The van der Waals surface area contributed by atoms with Gasteiger partial charge in [0, 0.05) is 11.1 Å². The molecule has 138 valence electrons. The quantitative estimate of drug-likeness (QED) is 0.604. The van der Waals surface area contributed by atoms with Gasteiger partial charge in [-0.05, 0) is 13.0 Å². The van der Waals surface area contributed by atoms with Crippen molar-refractivity contribution in [3.63, 3.8) is 0 Å². The highest BCUT2D eigenvalue weighted by Gasteiger charge is 2.43. The Bertz CT molecular complexity index is 777. The summed E-state index contributed by atoms with van der Waals surface area (Å²) in [6.45, 7) is 1.48. The molecule has 1 unspecified atom stereocenters. The molecule has 0 spiro atoms. The fourth-order valence-corrected chi connectivity index (χ4v) is 2.19.